The van der Waals surface area contributed by atoms with Gasteiger partial charge in [0, 0.05) is 0 Å². The Morgan fingerprint density at radius 1 is 1.68 bits per heavy atom. The lowest BCUT2D eigenvalue weighted by atomic mass is 9.84. The van der Waals surface area contributed by atoms with Crippen molar-refractivity contribution in [2.75, 3.05) is 0 Å². The fourth-order valence-electron chi connectivity index (χ4n) is 1.72. The van der Waals surface area contributed by atoms with Gasteiger partial charge in [-0.3, -0.25) is 4.79 Å². The Balaban J connectivity index is 2.47. The van der Waals surface area contributed by atoms with Gasteiger partial charge in [-0.1, -0.05) is 13.5 Å². The zero-order valence-electron chi connectivity index (χ0n) is 10.3. The normalized spacial score (nSPS) is 26.9. The molecule has 100 valence electrons. The molecule has 1 unspecified atom stereocenters. The Bertz CT molecular complexity index is 573. The van der Waals surface area contributed by atoms with E-state index in [1.165, 1.54) is 18.5 Å². The van der Waals surface area contributed by atoms with Crippen LogP contribution in [-0.2, 0) is 9.59 Å². The summed E-state index contributed by atoms with van der Waals surface area (Å²) in [7, 11) is 0. The molecule has 2 rings (SSSR count). The quantitative estimate of drug-likeness (QED) is 0.558. The minimum atomic E-state index is -1.51. The molecular weight excluding hydrogens is 250 g/mol. The Kier molecular flexibility index (Phi) is 3.25. The summed E-state index contributed by atoms with van der Waals surface area (Å²) in [5.74, 6) is -1.83. The number of fused-ring (bicyclic) bond motifs is 1. The topological polar surface area (TPSA) is 96.4 Å². The van der Waals surface area contributed by atoms with E-state index >= 15 is 0 Å². The van der Waals surface area contributed by atoms with Crippen LogP contribution in [0, 0.1) is 5.92 Å². The number of carbonyl (C=O) groups is 2. The number of carbonyl (C=O) groups excluding carboxylic acids is 2. The maximum Gasteiger partial charge on any atom is 0.357 e. The van der Waals surface area contributed by atoms with Gasteiger partial charge in [0.1, 0.15) is 5.54 Å². The van der Waals surface area contributed by atoms with Crippen molar-refractivity contribution in [3.8, 4) is 6.01 Å². The summed E-state index contributed by atoms with van der Waals surface area (Å²) in [6, 6.07) is -0.114. The molecule has 2 N–H and O–H groups in total. The van der Waals surface area contributed by atoms with Gasteiger partial charge in [0.25, 0.3) is 0 Å². The van der Waals surface area contributed by atoms with Gasteiger partial charge in [-0.15, -0.1) is 10.5 Å². The number of imidazole rings is 1. The molecule has 1 aromatic rings. The largest absolute Gasteiger partial charge is 0.390 e. The summed E-state index contributed by atoms with van der Waals surface area (Å²) < 4.78 is 5.93. The van der Waals surface area contributed by atoms with E-state index in [0.29, 0.717) is 0 Å². The predicted molar refractivity (Wildman–Crippen MR) is 63.9 cm³/mol. The Hall–Kier alpha value is -2.37. The maximum atomic E-state index is 12.1. The molecule has 0 aliphatic carbocycles. The van der Waals surface area contributed by atoms with Gasteiger partial charge >= 0.3 is 17.9 Å². The minimum Gasteiger partial charge on any atom is -0.390 e. The van der Waals surface area contributed by atoms with E-state index in [9.17, 15) is 9.59 Å². The number of aromatic nitrogens is 2. The van der Waals surface area contributed by atoms with Crippen LogP contribution in [0.1, 0.15) is 13.3 Å². The summed E-state index contributed by atoms with van der Waals surface area (Å²) in [4.78, 5) is 32.7. The third-order valence-electron chi connectivity index (χ3n) is 2.94. The van der Waals surface area contributed by atoms with Crippen LogP contribution in [-0.4, -0.2) is 27.2 Å². The Labute approximate surface area is 109 Å². The van der Waals surface area contributed by atoms with Crippen LogP contribution >= 0.6 is 0 Å². The third-order valence-corrected chi connectivity index (χ3v) is 2.94. The molecule has 0 saturated heterocycles. The van der Waals surface area contributed by atoms with E-state index in [-0.39, 0.29) is 12.4 Å². The SMILES string of the molecule is C=C=C[C@@]1(N)C(=O)On2ccnc2OC(=O)CC1C. The average molecular weight is 263 g/mol. The van der Waals surface area contributed by atoms with Gasteiger partial charge in [-0.2, -0.15) is 0 Å². The third kappa shape index (κ3) is 2.29. The van der Waals surface area contributed by atoms with Crippen molar-refractivity contribution in [2.24, 2.45) is 11.7 Å². The van der Waals surface area contributed by atoms with Crippen molar-refractivity contribution >= 4 is 11.9 Å². The van der Waals surface area contributed by atoms with E-state index in [2.05, 4.69) is 17.3 Å². The van der Waals surface area contributed by atoms with Gasteiger partial charge in [-0.25, -0.2) is 9.78 Å². The average Bonchev–Trinajstić information content (AvgIpc) is 2.75. The maximum absolute atomic E-state index is 12.1. The molecule has 0 spiro atoms. The van der Waals surface area contributed by atoms with Gasteiger partial charge in [0.15, 0.2) is 0 Å². The standard InChI is InChI=1S/C12H13N3O4/c1-3-4-12(13)8(2)7-9(16)18-11-14-5-6-15(11)19-10(12)17/h4-6,8H,1,7,13H2,2H3/t8?,12-/m0/s1. The van der Waals surface area contributed by atoms with Crippen LogP contribution in [0.2, 0.25) is 0 Å². The van der Waals surface area contributed by atoms with Crippen LogP contribution in [0.3, 0.4) is 0 Å². The molecule has 2 atom stereocenters. The lowest BCUT2D eigenvalue weighted by Gasteiger charge is -2.27. The van der Waals surface area contributed by atoms with Gasteiger partial charge < -0.3 is 15.3 Å². The van der Waals surface area contributed by atoms with Crippen molar-refractivity contribution in [3.05, 3.63) is 30.8 Å². The second-order valence-corrected chi connectivity index (χ2v) is 4.28. The van der Waals surface area contributed by atoms with Crippen molar-refractivity contribution in [1.29, 1.82) is 0 Å². The predicted octanol–water partition coefficient (Wildman–Crippen LogP) is -0.178. The molecule has 1 aliphatic rings. The molecule has 7 heteroatoms. The smallest absolute Gasteiger partial charge is 0.357 e. The second kappa shape index (κ2) is 4.72. The summed E-state index contributed by atoms with van der Waals surface area (Å²) in [6.07, 6.45) is 3.91. The van der Waals surface area contributed by atoms with E-state index in [4.69, 9.17) is 15.3 Å². The summed E-state index contributed by atoms with van der Waals surface area (Å²) in [5, 5.41) is 0. The summed E-state index contributed by atoms with van der Waals surface area (Å²) in [5.41, 5.74) is 6.96. The van der Waals surface area contributed by atoms with Crippen molar-refractivity contribution in [1.82, 2.24) is 9.71 Å². The molecule has 7 nitrogen and oxygen atoms in total. The molecule has 1 aliphatic heterocycles. The molecule has 0 radical (unpaired) electrons. The number of nitrogens with two attached hydrogens (primary N) is 1. The highest BCUT2D eigenvalue weighted by Gasteiger charge is 2.42. The zero-order valence-corrected chi connectivity index (χ0v) is 10.3. The van der Waals surface area contributed by atoms with E-state index in [1.807, 2.05) is 0 Å². The van der Waals surface area contributed by atoms with Crippen molar-refractivity contribution < 1.29 is 19.2 Å². The molecule has 2 heterocycles. The first-order valence-electron chi connectivity index (χ1n) is 5.60. The number of ether oxygens (including phenoxy) is 1. The second-order valence-electron chi connectivity index (χ2n) is 4.28. The van der Waals surface area contributed by atoms with Crippen molar-refractivity contribution in [2.45, 2.75) is 18.9 Å². The molecule has 0 fully saturated rings. The Morgan fingerprint density at radius 2 is 2.42 bits per heavy atom. The molecular formula is C12H13N3O4. The van der Waals surface area contributed by atoms with E-state index in [1.54, 1.807) is 6.92 Å². The van der Waals surface area contributed by atoms with Crippen LogP contribution in [0.5, 0.6) is 6.01 Å². The van der Waals surface area contributed by atoms with E-state index < -0.39 is 23.4 Å². The van der Waals surface area contributed by atoms with Gasteiger partial charge in [0.2, 0.25) is 0 Å². The number of hydrogen-bond acceptors (Lipinski definition) is 6. The lowest BCUT2D eigenvalue weighted by molar-refractivity contribution is -0.150. The van der Waals surface area contributed by atoms with E-state index in [0.717, 1.165) is 4.73 Å². The van der Waals surface area contributed by atoms with Crippen LogP contribution in [0.15, 0.2) is 30.8 Å². The fraction of sp³-hybridized carbons (Fsp3) is 0.333. The van der Waals surface area contributed by atoms with Gasteiger partial charge in [-0.05, 0) is 12.0 Å². The molecule has 1 aromatic heterocycles. The Morgan fingerprint density at radius 3 is 3.11 bits per heavy atom. The first kappa shape index (κ1) is 13.1. The zero-order chi connectivity index (χ0) is 14.0. The number of hydrogen-bond donors (Lipinski definition) is 1. The minimum absolute atomic E-state index is 0.0589. The first-order chi connectivity index (χ1) is 8.97. The number of rotatable bonds is 1. The highest BCUT2D eigenvalue weighted by molar-refractivity contribution is 5.85. The van der Waals surface area contributed by atoms with Crippen LogP contribution in [0.4, 0.5) is 0 Å². The molecule has 0 bridgehead atoms. The molecule has 19 heavy (non-hydrogen) atoms. The highest BCUT2D eigenvalue weighted by Crippen LogP contribution is 2.23. The monoisotopic (exact) mass is 263 g/mol. The number of nitrogens with zero attached hydrogens (tertiary/aromatic N) is 2. The first-order valence-corrected chi connectivity index (χ1v) is 5.60. The fourth-order valence-corrected chi connectivity index (χ4v) is 1.72. The van der Waals surface area contributed by atoms with Crippen molar-refractivity contribution in [3.63, 3.8) is 0 Å². The molecule has 0 aromatic carbocycles. The lowest BCUT2D eigenvalue weighted by Crippen LogP contribution is -2.55. The summed E-state index contributed by atoms with van der Waals surface area (Å²) in [6.45, 7) is 5.04. The number of esters is 1. The molecule has 0 amide bonds. The van der Waals surface area contributed by atoms with Crippen LogP contribution in [0.25, 0.3) is 0 Å². The van der Waals surface area contributed by atoms with Crippen LogP contribution < -0.4 is 15.3 Å². The highest BCUT2D eigenvalue weighted by atomic mass is 16.7. The molecule has 0 saturated carbocycles. The van der Waals surface area contributed by atoms with Gasteiger partial charge in [0.05, 0.1) is 18.8 Å². The summed E-state index contributed by atoms with van der Waals surface area (Å²) >= 11 is 0.